The van der Waals surface area contributed by atoms with E-state index in [1.54, 1.807) is 18.2 Å². The molecule has 44 heavy (non-hydrogen) atoms. The van der Waals surface area contributed by atoms with Crippen molar-refractivity contribution in [3.63, 3.8) is 0 Å². The zero-order valence-electron chi connectivity index (χ0n) is 24.3. The molecule has 12 heteroatoms. The van der Waals surface area contributed by atoms with Crippen LogP contribution in [0, 0.1) is 11.6 Å². The SMILES string of the molecule is CS(=O)(=O)N(CCCC(=O)N(Cc1ccc(Cl)cc1Cl)C(Cc1ccccc1)C(=O)NC1CCCC1)c1ccc(F)c(F)c1. The molecule has 236 valence electrons. The van der Waals surface area contributed by atoms with Gasteiger partial charge in [0.25, 0.3) is 0 Å². The summed E-state index contributed by atoms with van der Waals surface area (Å²) in [4.78, 5) is 29.3. The van der Waals surface area contributed by atoms with Gasteiger partial charge in [-0.25, -0.2) is 17.2 Å². The smallest absolute Gasteiger partial charge is 0.243 e. The van der Waals surface area contributed by atoms with Crippen molar-refractivity contribution in [2.24, 2.45) is 0 Å². The Bertz CT molecular complexity index is 1570. The van der Waals surface area contributed by atoms with Gasteiger partial charge in [-0.1, -0.05) is 72.4 Å². The van der Waals surface area contributed by atoms with E-state index in [-0.39, 0.29) is 50.0 Å². The van der Waals surface area contributed by atoms with Gasteiger partial charge in [-0.3, -0.25) is 13.9 Å². The van der Waals surface area contributed by atoms with Crippen molar-refractivity contribution in [2.75, 3.05) is 17.1 Å². The van der Waals surface area contributed by atoms with Gasteiger partial charge in [-0.05, 0) is 54.7 Å². The van der Waals surface area contributed by atoms with E-state index in [0.29, 0.717) is 15.6 Å². The van der Waals surface area contributed by atoms with Gasteiger partial charge in [0.05, 0.1) is 11.9 Å². The van der Waals surface area contributed by atoms with Crippen LogP contribution < -0.4 is 9.62 Å². The lowest BCUT2D eigenvalue weighted by Crippen LogP contribution is -2.52. The second kappa shape index (κ2) is 15.2. The van der Waals surface area contributed by atoms with E-state index in [2.05, 4.69) is 5.32 Å². The molecule has 0 heterocycles. The highest BCUT2D eigenvalue weighted by atomic mass is 35.5. The molecule has 1 aliphatic carbocycles. The summed E-state index contributed by atoms with van der Waals surface area (Å²) in [5.41, 5.74) is 1.40. The van der Waals surface area contributed by atoms with E-state index in [4.69, 9.17) is 23.2 Å². The maximum Gasteiger partial charge on any atom is 0.243 e. The van der Waals surface area contributed by atoms with Gasteiger partial charge in [0.2, 0.25) is 21.8 Å². The predicted molar refractivity (Wildman–Crippen MR) is 169 cm³/mol. The molecule has 1 unspecified atom stereocenters. The molecule has 0 aromatic heterocycles. The molecule has 7 nitrogen and oxygen atoms in total. The van der Waals surface area contributed by atoms with Gasteiger partial charge in [0.15, 0.2) is 11.6 Å². The molecule has 0 saturated heterocycles. The zero-order valence-corrected chi connectivity index (χ0v) is 26.6. The van der Waals surface area contributed by atoms with E-state index in [9.17, 15) is 26.8 Å². The van der Waals surface area contributed by atoms with Gasteiger partial charge >= 0.3 is 0 Å². The van der Waals surface area contributed by atoms with Gasteiger partial charge in [0.1, 0.15) is 6.04 Å². The van der Waals surface area contributed by atoms with Crippen molar-refractivity contribution < 1.29 is 26.8 Å². The number of hydrogen-bond acceptors (Lipinski definition) is 4. The molecular weight excluding hydrogens is 631 g/mol. The summed E-state index contributed by atoms with van der Waals surface area (Å²) in [5.74, 6) is -2.96. The molecule has 3 aromatic carbocycles. The standard InChI is InChI=1S/C32H35Cl2F2N3O4S/c1-44(42,43)39(26-15-16-28(35)29(36)20-26)17-7-12-31(40)38(21-23-13-14-24(33)19-27(23)34)30(18-22-8-3-2-4-9-22)32(41)37-25-10-5-6-11-25/h2-4,8-9,13-16,19-20,25,30H,5-7,10-12,17-18,21H2,1H3,(H,37,41). The van der Waals surface area contributed by atoms with Crippen LogP contribution in [0.2, 0.25) is 10.0 Å². The number of benzene rings is 3. The summed E-state index contributed by atoms with van der Waals surface area (Å²) in [6.07, 6.45) is 4.91. The van der Waals surface area contributed by atoms with Gasteiger partial charge < -0.3 is 10.2 Å². The highest BCUT2D eigenvalue weighted by Crippen LogP contribution is 2.26. The first kappa shape index (κ1) is 33.7. The highest BCUT2D eigenvalue weighted by Gasteiger charge is 2.32. The van der Waals surface area contributed by atoms with Crippen LogP contribution in [-0.4, -0.2) is 50.0 Å². The Balaban J connectivity index is 1.61. The Morgan fingerprint density at radius 2 is 1.68 bits per heavy atom. The fourth-order valence-electron chi connectivity index (χ4n) is 5.40. The normalized spacial score (nSPS) is 14.3. The Morgan fingerprint density at radius 3 is 2.32 bits per heavy atom. The van der Waals surface area contributed by atoms with Crippen LogP contribution in [0.15, 0.2) is 66.7 Å². The summed E-state index contributed by atoms with van der Waals surface area (Å²) >= 11 is 12.6. The number of nitrogens with zero attached hydrogens (tertiary/aromatic N) is 2. The number of hydrogen-bond donors (Lipinski definition) is 1. The lowest BCUT2D eigenvalue weighted by molar-refractivity contribution is -0.141. The molecule has 1 saturated carbocycles. The summed E-state index contributed by atoms with van der Waals surface area (Å²) in [6.45, 7) is -0.147. The third-order valence-electron chi connectivity index (χ3n) is 7.67. The number of amides is 2. The largest absolute Gasteiger partial charge is 0.352 e. The van der Waals surface area contributed by atoms with Crippen molar-refractivity contribution in [1.82, 2.24) is 10.2 Å². The number of carbonyl (C=O) groups is 2. The number of carbonyl (C=O) groups excluding carboxylic acids is 2. The maximum atomic E-state index is 14.0. The third-order valence-corrected chi connectivity index (χ3v) is 9.45. The van der Waals surface area contributed by atoms with Crippen LogP contribution in [0.5, 0.6) is 0 Å². The van der Waals surface area contributed by atoms with Crippen LogP contribution in [0.3, 0.4) is 0 Å². The predicted octanol–water partition coefficient (Wildman–Crippen LogP) is 6.52. The Labute approximate surface area is 267 Å². The summed E-state index contributed by atoms with van der Waals surface area (Å²) in [6, 6.07) is 16.3. The van der Waals surface area contributed by atoms with Crippen LogP contribution in [0.1, 0.15) is 49.7 Å². The summed E-state index contributed by atoms with van der Waals surface area (Å²) < 4.78 is 53.5. The Hall–Kier alpha value is -3.21. The molecule has 0 aliphatic heterocycles. The topological polar surface area (TPSA) is 86.8 Å². The minimum atomic E-state index is -3.88. The molecule has 1 fully saturated rings. The second-order valence-corrected chi connectivity index (χ2v) is 13.7. The van der Waals surface area contributed by atoms with Gasteiger partial charge in [-0.2, -0.15) is 0 Å². The minimum absolute atomic E-state index is 0.0172. The highest BCUT2D eigenvalue weighted by molar-refractivity contribution is 7.92. The quantitative estimate of drug-likeness (QED) is 0.225. The van der Waals surface area contributed by atoms with Crippen molar-refractivity contribution in [1.29, 1.82) is 0 Å². The Kier molecular flexibility index (Phi) is 11.6. The van der Waals surface area contributed by atoms with Crippen LogP contribution in [0.4, 0.5) is 14.5 Å². The number of rotatable bonds is 13. The molecular formula is C32H35Cl2F2N3O4S. The lowest BCUT2D eigenvalue weighted by Gasteiger charge is -2.33. The van der Waals surface area contributed by atoms with Crippen molar-refractivity contribution in [3.8, 4) is 0 Å². The maximum absolute atomic E-state index is 14.0. The fourth-order valence-corrected chi connectivity index (χ4v) is 6.82. The van der Waals surface area contributed by atoms with E-state index in [1.165, 1.54) is 11.0 Å². The molecule has 0 bridgehead atoms. The average molecular weight is 667 g/mol. The van der Waals surface area contributed by atoms with E-state index < -0.39 is 33.6 Å². The number of anilines is 1. The van der Waals surface area contributed by atoms with Gasteiger partial charge in [-0.15, -0.1) is 0 Å². The first-order valence-electron chi connectivity index (χ1n) is 14.4. The number of sulfonamides is 1. The molecule has 3 aromatic rings. The van der Waals surface area contributed by atoms with Crippen molar-refractivity contribution >= 4 is 50.7 Å². The zero-order chi connectivity index (χ0) is 31.9. The van der Waals surface area contributed by atoms with Crippen LogP contribution in [-0.2, 0) is 32.6 Å². The molecule has 1 aliphatic rings. The molecule has 0 radical (unpaired) electrons. The van der Waals surface area contributed by atoms with Crippen molar-refractivity contribution in [3.05, 3.63) is 99.5 Å². The molecule has 1 atom stereocenters. The van der Waals surface area contributed by atoms with E-state index >= 15 is 0 Å². The Morgan fingerprint density at radius 1 is 0.977 bits per heavy atom. The first-order chi connectivity index (χ1) is 20.9. The summed E-state index contributed by atoms with van der Waals surface area (Å²) in [5, 5.41) is 3.89. The molecule has 2 amide bonds. The van der Waals surface area contributed by atoms with Crippen molar-refractivity contribution in [2.45, 2.75) is 63.6 Å². The third kappa shape index (κ3) is 9.15. The second-order valence-electron chi connectivity index (χ2n) is 11.0. The average Bonchev–Trinajstić information content (AvgIpc) is 3.48. The van der Waals surface area contributed by atoms with Crippen LogP contribution in [0.25, 0.3) is 0 Å². The number of nitrogens with one attached hydrogen (secondary N) is 1. The van der Waals surface area contributed by atoms with Crippen LogP contribution >= 0.6 is 23.2 Å². The van der Waals surface area contributed by atoms with Gasteiger partial charge in [0, 0.05) is 48.1 Å². The lowest BCUT2D eigenvalue weighted by atomic mass is 10.0. The van der Waals surface area contributed by atoms with E-state index in [0.717, 1.165) is 53.9 Å². The fraction of sp³-hybridized carbons (Fsp3) is 0.375. The first-order valence-corrected chi connectivity index (χ1v) is 17.0. The number of halogens is 4. The minimum Gasteiger partial charge on any atom is -0.352 e. The monoisotopic (exact) mass is 665 g/mol. The summed E-state index contributed by atoms with van der Waals surface area (Å²) in [7, 11) is -3.88. The molecule has 0 spiro atoms. The van der Waals surface area contributed by atoms with E-state index in [1.807, 2.05) is 30.3 Å². The molecule has 4 rings (SSSR count). The molecule has 1 N–H and O–H groups in total.